The number of amides is 1. The fraction of sp³-hybridized carbons (Fsp3) is 0.640. The highest BCUT2D eigenvalue weighted by molar-refractivity contribution is 8.76. The molecule has 4 atom stereocenters. The molecule has 1 amide bonds. The van der Waals surface area contributed by atoms with E-state index in [0.29, 0.717) is 18.2 Å². The molecule has 0 aliphatic carbocycles. The standard InChI is InChI=1S/C23H36N2O7S4.C2HF3O2/c1-15(23(29)31-11-21(32-17(3)27)10-30-16(2)26)25-22(28)19(9-18-5-8-34-12-18)13-35-36-14-20(24)6-7-33-4;3-2(4,5)1(6)7/h5,8,12,15,19-21H,6-7,9-11,13-14,24H2,1-4H3,(H,25,28);(H,6,7). The normalized spacial score (nSPS) is 13.8. The Morgan fingerprint density at radius 2 is 1.67 bits per heavy atom. The molecule has 11 nitrogen and oxygen atoms in total. The molecule has 1 rings (SSSR count). The predicted octanol–water partition coefficient (Wildman–Crippen LogP) is 1.49. The van der Waals surface area contributed by atoms with Crippen LogP contribution in [-0.2, 0) is 44.6 Å². The molecule has 1 heterocycles. The number of aliphatic carboxylic acids is 1. The first kappa shape index (κ1) is 40.9. The maximum absolute atomic E-state index is 13.0. The molecule has 4 unspecified atom stereocenters. The van der Waals surface area contributed by atoms with E-state index in [0.717, 1.165) is 23.5 Å². The van der Waals surface area contributed by atoms with E-state index >= 15 is 0 Å². The number of carbonyl (C=O) groups excluding carboxylic acids is 5. The molecule has 43 heavy (non-hydrogen) atoms. The SMILES string of the molecule is CSCCC([NH3+])CSSCC(Cc1ccsc1)C(=O)NC(C)C(=O)OCC(COC(C)=O)OC(C)=O.O=C([O-])C(F)(F)F. The number of ether oxygens (including phenoxy) is 3. The predicted molar refractivity (Wildman–Crippen MR) is 158 cm³/mol. The third-order valence-corrected chi connectivity index (χ3v) is 8.99. The lowest BCUT2D eigenvalue weighted by molar-refractivity contribution is -0.412. The number of hydrogen-bond acceptors (Lipinski definition) is 13. The number of esters is 3. The van der Waals surface area contributed by atoms with Crippen LogP contribution >= 0.6 is 44.7 Å². The average molecular weight is 695 g/mol. The lowest BCUT2D eigenvalue weighted by atomic mass is 10.0. The van der Waals surface area contributed by atoms with Crippen molar-refractivity contribution in [3.63, 3.8) is 0 Å². The lowest BCUT2D eigenvalue weighted by Gasteiger charge is -2.21. The van der Waals surface area contributed by atoms with E-state index in [9.17, 15) is 32.3 Å². The highest BCUT2D eigenvalue weighted by Gasteiger charge is 2.29. The van der Waals surface area contributed by atoms with Gasteiger partial charge in [-0.25, -0.2) is 4.79 Å². The van der Waals surface area contributed by atoms with Gasteiger partial charge in [0.05, 0.1) is 17.7 Å². The zero-order valence-electron chi connectivity index (χ0n) is 24.1. The summed E-state index contributed by atoms with van der Waals surface area (Å²) in [7, 11) is 3.36. The van der Waals surface area contributed by atoms with Gasteiger partial charge in [0.15, 0.2) is 6.10 Å². The topological polar surface area (TPSA) is 176 Å². The summed E-state index contributed by atoms with van der Waals surface area (Å²) in [4.78, 5) is 56.6. The van der Waals surface area contributed by atoms with E-state index in [1.807, 2.05) is 28.6 Å². The Labute approximate surface area is 264 Å². The van der Waals surface area contributed by atoms with Crippen LogP contribution in [0.3, 0.4) is 0 Å². The number of alkyl halides is 3. The largest absolute Gasteiger partial charge is 0.542 e. The van der Waals surface area contributed by atoms with Crippen LogP contribution in [0, 0.1) is 5.92 Å². The lowest BCUT2D eigenvalue weighted by Crippen LogP contribution is -2.62. The second-order valence-corrected chi connectivity index (χ2v) is 13.2. The Kier molecular flexibility index (Phi) is 21.3. The summed E-state index contributed by atoms with van der Waals surface area (Å²) >= 11 is 3.39. The Bertz CT molecular complexity index is 1000. The average Bonchev–Trinajstić information content (AvgIpc) is 3.43. The van der Waals surface area contributed by atoms with E-state index < -0.39 is 42.2 Å². The molecule has 0 fully saturated rings. The van der Waals surface area contributed by atoms with Crippen molar-refractivity contribution in [2.75, 3.05) is 36.7 Å². The van der Waals surface area contributed by atoms with E-state index in [4.69, 9.17) is 24.1 Å². The zero-order chi connectivity index (χ0) is 33.0. The summed E-state index contributed by atoms with van der Waals surface area (Å²) in [6.07, 6.45) is -2.40. The van der Waals surface area contributed by atoms with Crippen LogP contribution in [0.1, 0.15) is 32.8 Å². The monoisotopic (exact) mass is 694 g/mol. The molecule has 0 spiro atoms. The van der Waals surface area contributed by atoms with Gasteiger partial charge in [-0.1, -0.05) is 21.6 Å². The van der Waals surface area contributed by atoms with Crippen LogP contribution in [0.2, 0.25) is 0 Å². The first-order valence-electron chi connectivity index (χ1n) is 12.7. The molecular weight excluding hydrogens is 658 g/mol. The molecule has 1 aromatic rings. The molecule has 0 saturated carbocycles. The second kappa shape index (κ2) is 22.4. The van der Waals surface area contributed by atoms with Gasteiger partial charge in [0.25, 0.3) is 0 Å². The first-order chi connectivity index (χ1) is 20.1. The number of nitrogens with one attached hydrogen (secondary N) is 1. The van der Waals surface area contributed by atoms with Crippen molar-refractivity contribution >= 4 is 74.5 Å². The van der Waals surface area contributed by atoms with Crippen molar-refractivity contribution in [1.82, 2.24) is 5.32 Å². The van der Waals surface area contributed by atoms with E-state index in [1.165, 1.54) is 20.8 Å². The molecule has 246 valence electrons. The number of carboxylic acid groups (broad SMARTS) is 1. The Balaban J connectivity index is 0.00000223. The Hall–Kier alpha value is -2.15. The van der Waals surface area contributed by atoms with Crippen molar-refractivity contribution in [3.05, 3.63) is 22.4 Å². The number of carboxylic acids is 1. The van der Waals surface area contributed by atoms with Gasteiger partial charge < -0.3 is 35.2 Å². The molecule has 1 aromatic heterocycles. The second-order valence-electron chi connectivity index (χ2n) is 8.93. The molecule has 0 aliphatic heterocycles. The number of thiophene rings is 1. The molecule has 0 aromatic carbocycles. The number of hydrogen-bond donors (Lipinski definition) is 2. The quantitative estimate of drug-likeness (QED) is 0.0982. The summed E-state index contributed by atoms with van der Waals surface area (Å²) in [5, 5.41) is 15.5. The minimum atomic E-state index is -5.19. The van der Waals surface area contributed by atoms with Crippen LogP contribution in [-0.4, -0.2) is 90.9 Å². The van der Waals surface area contributed by atoms with Crippen LogP contribution in [0.4, 0.5) is 13.2 Å². The molecule has 0 saturated heterocycles. The van der Waals surface area contributed by atoms with Crippen LogP contribution in [0.25, 0.3) is 0 Å². The highest BCUT2D eigenvalue weighted by atomic mass is 33.1. The molecule has 4 N–H and O–H groups in total. The minimum Gasteiger partial charge on any atom is -0.542 e. The third kappa shape index (κ3) is 21.2. The number of halogens is 3. The van der Waals surface area contributed by atoms with Gasteiger partial charge in [-0.05, 0) is 47.7 Å². The highest BCUT2D eigenvalue weighted by Crippen LogP contribution is 2.27. The molecule has 0 aliphatic rings. The van der Waals surface area contributed by atoms with E-state index in [1.54, 1.807) is 32.9 Å². The molecule has 0 bridgehead atoms. The van der Waals surface area contributed by atoms with Gasteiger partial charge in [-0.2, -0.15) is 36.3 Å². The zero-order valence-corrected chi connectivity index (χ0v) is 27.4. The Morgan fingerprint density at radius 1 is 1.07 bits per heavy atom. The maximum Gasteiger partial charge on any atom is 0.430 e. The van der Waals surface area contributed by atoms with Gasteiger partial charge in [0.2, 0.25) is 5.91 Å². The number of quaternary nitrogens is 1. The minimum absolute atomic E-state index is 0.230. The summed E-state index contributed by atoms with van der Waals surface area (Å²) in [5.41, 5.74) is 5.26. The molecule has 18 heteroatoms. The van der Waals surface area contributed by atoms with Gasteiger partial charge in [0, 0.05) is 26.0 Å². The number of thioether (sulfide) groups is 1. The number of rotatable bonds is 18. The van der Waals surface area contributed by atoms with Crippen LogP contribution in [0.5, 0.6) is 0 Å². The van der Waals surface area contributed by atoms with Crippen molar-refractivity contribution in [2.24, 2.45) is 5.92 Å². The van der Waals surface area contributed by atoms with Crippen LogP contribution in [0.15, 0.2) is 16.8 Å². The number of carbonyl (C=O) groups is 5. The van der Waals surface area contributed by atoms with Gasteiger partial charge in [0.1, 0.15) is 25.2 Å². The summed E-state index contributed by atoms with van der Waals surface area (Å²) < 4.78 is 46.6. The molecular formula is C25H37F3N2O9S4. The fourth-order valence-corrected chi connectivity index (χ4v) is 6.70. The van der Waals surface area contributed by atoms with Crippen LogP contribution < -0.4 is 16.2 Å². The summed E-state index contributed by atoms with van der Waals surface area (Å²) in [6.45, 7) is 3.44. The summed E-state index contributed by atoms with van der Waals surface area (Å²) in [5.74, 6) is -2.77. The van der Waals surface area contributed by atoms with Crippen molar-refractivity contribution in [1.29, 1.82) is 0 Å². The fourth-order valence-electron chi connectivity index (χ4n) is 2.81. The third-order valence-electron chi connectivity index (χ3n) is 4.98. The first-order valence-corrected chi connectivity index (χ1v) is 17.5. The van der Waals surface area contributed by atoms with Crippen molar-refractivity contribution in [2.45, 2.75) is 58.0 Å². The molecule has 0 radical (unpaired) electrons. The van der Waals surface area contributed by atoms with E-state index in [-0.39, 0.29) is 25.0 Å². The van der Waals surface area contributed by atoms with Gasteiger partial charge in [-0.3, -0.25) is 14.4 Å². The maximum atomic E-state index is 13.0. The van der Waals surface area contributed by atoms with Crippen molar-refractivity contribution in [3.8, 4) is 0 Å². The Morgan fingerprint density at radius 3 is 2.19 bits per heavy atom. The van der Waals surface area contributed by atoms with E-state index in [2.05, 4.69) is 17.3 Å². The summed E-state index contributed by atoms with van der Waals surface area (Å²) in [6, 6.07) is 1.46. The van der Waals surface area contributed by atoms with Crippen molar-refractivity contribution < 1.29 is 62.2 Å². The smallest absolute Gasteiger partial charge is 0.430 e. The van der Waals surface area contributed by atoms with Gasteiger partial charge in [-0.15, -0.1) is 0 Å². The van der Waals surface area contributed by atoms with Gasteiger partial charge >= 0.3 is 24.1 Å².